The van der Waals surface area contributed by atoms with Gasteiger partial charge in [-0.1, -0.05) is 19.3 Å². The van der Waals surface area contributed by atoms with Gasteiger partial charge in [0.25, 0.3) is 0 Å². The lowest BCUT2D eigenvalue weighted by Gasteiger charge is -2.25. The molecule has 210 valence electrons. The third kappa shape index (κ3) is 7.36. The molecule has 1 aromatic carbocycles. The smallest absolute Gasteiger partial charge is 0.319 e. The number of hydrogen-bond donors (Lipinski definition) is 3. The molecule has 0 spiro atoms. The van der Waals surface area contributed by atoms with Gasteiger partial charge in [-0.15, -0.1) is 0 Å². The van der Waals surface area contributed by atoms with Crippen molar-refractivity contribution in [1.82, 2.24) is 24.8 Å². The second-order valence-electron chi connectivity index (χ2n) is 10.1. The van der Waals surface area contributed by atoms with Crippen LogP contribution in [-0.2, 0) is 14.3 Å². The van der Waals surface area contributed by atoms with Crippen molar-refractivity contribution in [2.75, 3.05) is 44.0 Å². The topological polar surface area (TPSA) is 124 Å². The molecule has 2 aromatic heterocycles. The lowest BCUT2D eigenvalue weighted by molar-refractivity contribution is -0.139. The largest absolute Gasteiger partial charge is 0.494 e. The maximum atomic E-state index is 11.1. The first-order valence-corrected chi connectivity index (χ1v) is 14.1. The maximum Gasteiger partial charge on any atom is 0.319 e. The summed E-state index contributed by atoms with van der Waals surface area (Å²) in [5, 5.41) is 10.1. The molecule has 1 saturated heterocycles. The van der Waals surface area contributed by atoms with Gasteiger partial charge in [0, 0.05) is 18.3 Å². The van der Waals surface area contributed by atoms with Gasteiger partial charge in [-0.3, -0.25) is 9.36 Å². The number of benzene rings is 1. The summed E-state index contributed by atoms with van der Waals surface area (Å²) in [6.45, 7) is 2.18. The van der Waals surface area contributed by atoms with Crippen molar-refractivity contribution in [2.24, 2.45) is 0 Å². The SMILES string of the molecule is COC(=O)CNCCCOc1ccc(Nc2nc(NC3CCCCC3)c3ncn(C4CCCCO4)c3n2)cc1. The average molecular weight is 538 g/mol. The number of esters is 1. The third-order valence-corrected chi connectivity index (χ3v) is 7.21. The Labute approximate surface area is 229 Å². The van der Waals surface area contributed by atoms with E-state index in [1.54, 1.807) is 0 Å². The highest BCUT2D eigenvalue weighted by molar-refractivity contribution is 5.85. The molecule has 5 rings (SSSR count). The lowest BCUT2D eigenvalue weighted by atomic mass is 9.95. The summed E-state index contributed by atoms with van der Waals surface area (Å²) < 4.78 is 18.5. The standard InChI is InChI=1S/C28H39N7O4/c1-37-24(36)18-29-15-7-17-38-22-13-11-21(12-14-22)32-28-33-26(31-20-8-3-2-4-9-20)25-27(34-28)35(19-30-25)23-10-5-6-16-39-23/h11-14,19-20,23,29H,2-10,15-18H2,1H3,(H2,31,32,33,34). The summed E-state index contributed by atoms with van der Waals surface area (Å²) >= 11 is 0. The number of fused-ring (bicyclic) bond motifs is 1. The summed E-state index contributed by atoms with van der Waals surface area (Å²) in [5.74, 6) is 1.79. The molecule has 2 aliphatic rings. The molecule has 1 aliphatic heterocycles. The van der Waals surface area contributed by atoms with Crippen molar-refractivity contribution in [3.8, 4) is 5.75 Å². The molecule has 2 fully saturated rings. The van der Waals surface area contributed by atoms with Crippen LogP contribution in [-0.4, -0.2) is 64.9 Å². The zero-order chi connectivity index (χ0) is 26.9. The zero-order valence-corrected chi connectivity index (χ0v) is 22.7. The molecule has 11 heteroatoms. The normalized spacial score (nSPS) is 18.1. The number of anilines is 3. The van der Waals surface area contributed by atoms with Gasteiger partial charge in [0.2, 0.25) is 5.95 Å². The Balaban J connectivity index is 1.26. The maximum absolute atomic E-state index is 11.1. The predicted molar refractivity (Wildman–Crippen MR) is 149 cm³/mol. The number of ether oxygens (including phenoxy) is 3. The van der Waals surface area contributed by atoms with E-state index in [4.69, 9.17) is 24.4 Å². The number of carbonyl (C=O) groups excluding carboxylic acids is 1. The number of carbonyl (C=O) groups is 1. The van der Waals surface area contributed by atoms with E-state index in [1.807, 2.05) is 35.2 Å². The number of hydrogen-bond acceptors (Lipinski definition) is 10. The van der Waals surface area contributed by atoms with Gasteiger partial charge in [0.05, 0.1) is 26.6 Å². The predicted octanol–water partition coefficient (Wildman–Crippen LogP) is 4.55. The Morgan fingerprint density at radius 1 is 1.08 bits per heavy atom. The van der Waals surface area contributed by atoms with Crippen molar-refractivity contribution < 1.29 is 19.0 Å². The fourth-order valence-electron chi connectivity index (χ4n) is 5.08. The van der Waals surface area contributed by atoms with Crippen molar-refractivity contribution >= 4 is 34.6 Å². The van der Waals surface area contributed by atoms with Crippen LogP contribution in [0, 0.1) is 0 Å². The van der Waals surface area contributed by atoms with E-state index in [2.05, 4.69) is 20.7 Å². The molecule has 3 aromatic rings. The molecule has 0 amide bonds. The van der Waals surface area contributed by atoms with E-state index < -0.39 is 0 Å². The van der Waals surface area contributed by atoms with Crippen LogP contribution >= 0.6 is 0 Å². The van der Waals surface area contributed by atoms with Crippen LogP contribution in [0.5, 0.6) is 5.75 Å². The zero-order valence-electron chi connectivity index (χ0n) is 22.7. The number of imidazole rings is 1. The number of aromatic nitrogens is 4. The van der Waals surface area contributed by atoms with Gasteiger partial charge in [-0.05, 0) is 69.3 Å². The second-order valence-corrected chi connectivity index (χ2v) is 10.1. The van der Waals surface area contributed by atoms with E-state index in [1.165, 1.54) is 26.4 Å². The molecule has 1 aliphatic carbocycles. The number of nitrogens with zero attached hydrogens (tertiary/aromatic N) is 4. The van der Waals surface area contributed by atoms with Crippen molar-refractivity contribution in [1.29, 1.82) is 0 Å². The first-order valence-electron chi connectivity index (χ1n) is 14.1. The van der Waals surface area contributed by atoms with Gasteiger partial charge < -0.3 is 30.2 Å². The monoisotopic (exact) mass is 537 g/mol. The first-order chi connectivity index (χ1) is 19.2. The van der Waals surface area contributed by atoms with Crippen molar-refractivity contribution in [3.63, 3.8) is 0 Å². The Morgan fingerprint density at radius 3 is 2.67 bits per heavy atom. The van der Waals surface area contributed by atoms with Crippen LogP contribution in [0.4, 0.5) is 17.5 Å². The molecule has 1 atom stereocenters. The molecular formula is C28H39N7O4. The van der Waals surface area contributed by atoms with E-state index >= 15 is 0 Å². The molecule has 0 bridgehead atoms. The lowest BCUT2D eigenvalue weighted by Crippen LogP contribution is -2.25. The first kappa shape index (κ1) is 27.1. The summed E-state index contributed by atoms with van der Waals surface area (Å²) in [5.41, 5.74) is 2.42. The Bertz CT molecular complexity index is 1200. The fraction of sp³-hybridized carbons (Fsp3) is 0.571. The van der Waals surface area contributed by atoms with E-state index in [0.717, 1.165) is 73.6 Å². The van der Waals surface area contributed by atoms with Crippen LogP contribution in [0.1, 0.15) is 64.0 Å². The minimum absolute atomic E-state index is 0.0545. The van der Waals surface area contributed by atoms with Crippen LogP contribution in [0.25, 0.3) is 11.2 Å². The quantitative estimate of drug-likeness (QED) is 0.224. The molecule has 0 radical (unpaired) electrons. The van der Waals surface area contributed by atoms with Crippen LogP contribution < -0.4 is 20.7 Å². The Morgan fingerprint density at radius 2 is 1.90 bits per heavy atom. The van der Waals surface area contributed by atoms with E-state index in [0.29, 0.717) is 25.1 Å². The molecule has 3 heterocycles. The molecule has 1 unspecified atom stereocenters. The number of methoxy groups -OCH3 is 1. The molecule has 39 heavy (non-hydrogen) atoms. The van der Waals surface area contributed by atoms with E-state index in [-0.39, 0.29) is 18.7 Å². The molecular weight excluding hydrogens is 498 g/mol. The number of rotatable bonds is 12. The van der Waals surface area contributed by atoms with E-state index in [9.17, 15) is 4.79 Å². The molecule has 3 N–H and O–H groups in total. The minimum atomic E-state index is -0.272. The average Bonchev–Trinajstić information content (AvgIpc) is 3.41. The molecule has 1 saturated carbocycles. The second kappa shape index (κ2) is 13.6. The highest BCUT2D eigenvalue weighted by atomic mass is 16.5. The number of nitrogens with one attached hydrogen (secondary N) is 3. The highest BCUT2D eigenvalue weighted by Crippen LogP contribution is 2.31. The summed E-state index contributed by atoms with van der Waals surface area (Å²) in [6.07, 6.45) is 11.8. The Kier molecular flexibility index (Phi) is 9.44. The van der Waals surface area contributed by atoms with Gasteiger partial charge in [0.15, 0.2) is 17.0 Å². The van der Waals surface area contributed by atoms with Gasteiger partial charge in [-0.25, -0.2) is 4.98 Å². The van der Waals surface area contributed by atoms with Crippen molar-refractivity contribution in [3.05, 3.63) is 30.6 Å². The van der Waals surface area contributed by atoms with Crippen LogP contribution in [0.15, 0.2) is 30.6 Å². The van der Waals surface area contributed by atoms with Crippen LogP contribution in [0.2, 0.25) is 0 Å². The minimum Gasteiger partial charge on any atom is -0.494 e. The fourth-order valence-corrected chi connectivity index (χ4v) is 5.08. The summed E-state index contributed by atoms with van der Waals surface area (Å²) in [6, 6.07) is 8.14. The van der Waals surface area contributed by atoms with Gasteiger partial charge >= 0.3 is 5.97 Å². The summed E-state index contributed by atoms with van der Waals surface area (Å²) in [4.78, 5) is 25.5. The van der Waals surface area contributed by atoms with Crippen LogP contribution in [0.3, 0.4) is 0 Å². The Hall–Kier alpha value is -3.44. The van der Waals surface area contributed by atoms with Crippen molar-refractivity contribution in [2.45, 2.75) is 70.1 Å². The third-order valence-electron chi connectivity index (χ3n) is 7.21. The molecule has 11 nitrogen and oxygen atoms in total. The summed E-state index contributed by atoms with van der Waals surface area (Å²) in [7, 11) is 1.38. The van der Waals surface area contributed by atoms with Gasteiger partial charge in [0.1, 0.15) is 12.0 Å². The van der Waals surface area contributed by atoms with Gasteiger partial charge in [-0.2, -0.15) is 9.97 Å². The highest BCUT2D eigenvalue weighted by Gasteiger charge is 2.23.